The molecule has 0 saturated carbocycles. The van der Waals surface area contributed by atoms with Gasteiger partial charge < -0.3 is 10.1 Å². The standard InChI is InChI=1S/C14H14ClNO/c1-10-3-6-12(16-2)9-14(10)17-13-7-4-11(15)5-8-13/h3-9,16H,1-2H3. The van der Waals surface area contributed by atoms with Gasteiger partial charge in [0.2, 0.25) is 0 Å². The van der Waals surface area contributed by atoms with Gasteiger partial charge in [-0.25, -0.2) is 0 Å². The van der Waals surface area contributed by atoms with Crippen molar-refractivity contribution in [2.24, 2.45) is 0 Å². The Bertz CT molecular complexity index is 508. The van der Waals surface area contributed by atoms with Gasteiger partial charge in [-0.2, -0.15) is 0 Å². The summed E-state index contributed by atoms with van der Waals surface area (Å²) in [5.41, 5.74) is 2.12. The fourth-order valence-electron chi connectivity index (χ4n) is 1.50. The van der Waals surface area contributed by atoms with Gasteiger partial charge in [0.25, 0.3) is 0 Å². The highest BCUT2D eigenvalue weighted by atomic mass is 35.5. The van der Waals surface area contributed by atoms with Crippen molar-refractivity contribution in [1.82, 2.24) is 0 Å². The minimum atomic E-state index is 0.707. The number of hydrogen-bond donors (Lipinski definition) is 1. The van der Waals surface area contributed by atoms with Crippen molar-refractivity contribution in [2.75, 3.05) is 12.4 Å². The van der Waals surface area contributed by atoms with Crippen molar-refractivity contribution in [3.63, 3.8) is 0 Å². The van der Waals surface area contributed by atoms with Crippen LogP contribution >= 0.6 is 11.6 Å². The Kier molecular flexibility index (Phi) is 3.55. The summed E-state index contributed by atoms with van der Waals surface area (Å²) in [5, 5.41) is 3.79. The highest BCUT2D eigenvalue weighted by Crippen LogP contribution is 2.28. The van der Waals surface area contributed by atoms with E-state index in [0.29, 0.717) is 5.02 Å². The van der Waals surface area contributed by atoms with Crippen molar-refractivity contribution < 1.29 is 4.74 Å². The van der Waals surface area contributed by atoms with Gasteiger partial charge >= 0.3 is 0 Å². The molecule has 2 aromatic carbocycles. The second kappa shape index (κ2) is 5.11. The number of rotatable bonds is 3. The lowest BCUT2D eigenvalue weighted by molar-refractivity contribution is 0.479. The van der Waals surface area contributed by atoms with Gasteiger partial charge in [0.05, 0.1) is 0 Å². The van der Waals surface area contributed by atoms with Crippen LogP contribution in [0.3, 0.4) is 0 Å². The molecule has 0 spiro atoms. The van der Waals surface area contributed by atoms with Gasteiger partial charge in [0.15, 0.2) is 0 Å². The van der Waals surface area contributed by atoms with E-state index in [1.54, 1.807) is 0 Å². The van der Waals surface area contributed by atoms with Gasteiger partial charge in [-0.3, -0.25) is 0 Å². The lowest BCUT2D eigenvalue weighted by atomic mass is 10.2. The normalized spacial score (nSPS) is 10.1. The summed E-state index contributed by atoms with van der Waals surface area (Å²) >= 11 is 5.83. The lowest BCUT2D eigenvalue weighted by Gasteiger charge is -2.10. The van der Waals surface area contributed by atoms with Gasteiger partial charge in [-0.05, 0) is 42.8 Å². The largest absolute Gasteiger partial charge is 0.457 e. The van der Waals surface area contributed by atoms with Crippen LogP contribution in [0.25, 0.3) is 0 Å². The molecule has 2 nitrogen and oxygen atoms in total. The minimum absolute atomic E-state index is 0.707. The number of anilines is 1. The molecule has 88 valence electrons. The van der Waals surface area contributed by atoms with E-state index in [-0.39, 0.29) is 0 Å². The molecule has 0 aromatic heterocycles. The maximum atomic E-state index is 5.83. The summed E-state index contributed by atoms with van der Waals surface area (Å²) < 4.78 is 5.81. The third-order valence-corrected chi connectivity index (χ3v) is 2.77. The van der Waals surface area contributed by atoms with Crippen LogP contribution < -0.4 is 10.1 Å². The van der Waals surface area contributed by atoms with E-state index in [0.717, 1.165) is 22.7 Å². The maximum absolute atomic E-state index is 5.83. The summed E-state index contributed by atoms with van der Waals surface area (Å²) in [7, 11) is 1.89. The molecular formula is C14H14ClNO. The summed E-state index contributed by atoms with van der Waals surface area (Å²) in [5.74, 6) is 1.63. The van der Waals surface area contributed by atoms with Crippen LogP contribution in [0.5, 0.6) is 11.5 Å². The van der Waals surface area contributed by atoms with E-state index in [1.165, 1.54) is 0 Å². The molecule has 0 aliphatic carbocycles. The molecule has 3 heteroatoms. The van der Waals surface area contributed by atoms with Gasteiger partial charge in [0, 0.05) is 23.8 Å². The summed E-state index contributed by atoms with van der Waals surface area (Å²) in [6.45, 7) is 2.02. The fraction of sp³-hybridized carbons (Fsp3) is 0.143. The predicted octanol–water partition coefficient (Wildman–Crippen LogP) is 4.48. The van der Waals surface area contributed by atoms with E-state index in [9.17, 15) is 0 Å². The molecule has 2 aromatic rings. The van der Waals surface area contributed by atoms with Crippen LogP contribution in [0.2, 0.25) is 5.02 Å². The zero-order valence-corrected chi connectivity index (χ0v) is 10.6. The van der Waals surface area contributed by atoms with Gasteiger partial charge in [-0.15, -0.1) is 0 Å². The van der Waals surface area contributed by atoms with Crippen molar-refractivity contribution in [2.45, 2.75) is 6.92 Å². The Morgan fingerprint density at radius 3 is 2.41 bits per heavy atom. The Morgan fingerprint density at radius 2 is 1.76 bits per heavy atom. The summed E-state index contributed by atoms with van der Waals surface area (Å²) in [4.78, 5) is 0. The SMILES string of the molecule is CNc1ccc(C)c(Oc2ccc(Cl)cc2)c1. The van der Waals surface area contributed by atoms with Crippen LogP contribution in [0.1, 0.15) is 5.56 Å². The van der Waals surface area contributed by atoms with Crippen molar-refractivity contribution >= 4 is 17.3 Å². The minimum Gasteiger partial charge on any atom is -0.457 e. The van der Waals surface area contributed by atoms with E-state index in [2.05, 4.69) is 5.32 Å². The Morgan fingerprint density at radius 1 is 1.06 bits per heavy atom. The molecule has 0 heterocycles. The Hall–Kier alpha value is -1.67. The third-order valence-electron chi connectivity index (χ3n) is 2.52. The number of halogens is 1. The molecule has 0 amide bonds. The van der Waals surface area contributed by atoms with Crippen LogP contribution in [-0.2, 0) is 0 Å². The summed E-state index contributed by atoms with van der Waals surface area (Å²) in [6.07, 6.45) is 0. The third kappa shape index (κ3) is 2.92. The van der Waals surface area contributed by atoms with E-state index in [1.807, 2.05) is 56.4 Å². The molecule has 0 radical (unpaired) electrons. The van der Waals surface area contributed by atoms with Crippen LogP contribution in [-0.4, -0.2) is 7.05 Å². The van der Waals surface area contributed by atoms with Gasteiger partial charge in [0.1, 0.15) is 11.5 Å². The molecule has 17 heavy (non-hydrogen) atoms. The zero-order valence-electron chi connectivity index (χ0n) is 9.83. The first-order valence-corrected chi connectivity index (χ1v) is 5.78. The average Bonchev–Trinajstić information content (AvgIpc) is 2.35. The monoisotopic (exact) mass is 247 g/mol. The van der Waals surface area contributed by atoms with Crippen LogP contribution in [0.4, 0.5) is 5.69 Å². The second-order valence-corrected chi connectivity index (χ2v) is 4.22. The molecule has 0 fully saturated rings. The fourth-order valence-corrected chi connectivity index (χ4v) is 1.62. The molecule has 0 atom stereocenters. The van der Waals surface area contributed by atoms with Gasteiger partial charge in [-0.1, -0.05) is 17.7 Å². The first-order chi connectivity index (χ1) is 8.19. The molecule has 0 saturated heterocycles. The first kappa shape index (κ1) is 11.8. The van der Waals surface area contributed by atoms with Crippen molar-refractivity contribution in [3.8, 4) is 11.5 Å². The molecule has 0 unspecified atom stereocenters. The highest BCUT2D eigenvalue weighted by molar-refractivity contribution is 6.30. The number of nitrogens with one attached hydrogen (secondary N) is 1. The first-order valence-electron chi connectivity index (χ1n) is 5.41. The van der Waals surface area contributed by atoms with Crippen molar-refractivity contribution in [3.05, 3.63) is 53.1 Å². The quantitative estimate of drug-likeness (QED) is 0.863. The average molecular weight is 248 g/mol. The second-order valence-electron chi connectivity index (χ2n) is 3.79. The van der Waals surface area contributed by atoms with E-state index < -0.39 is 0 Å². The molecule has 1 N–H and O–H groups in total. The molecule has 0 bridgehead atoms. The number of hydrogen-bond acceptors (Lipinski definition) is 2. The predicted molar refractivity (Wildman–Crippen MR) is 72.3 cm³/mol. The van der Waals surface area contributed by atoms with E-state index in [4.69, 9.17) is 16.3 Å². The summed E-state index contributed by atoms with van der Waals surface area (Å²) in [6, 6.07) is 13.4. The topological polar surface area (TPSA) is 21.3 Å². The maximum Gasteiger partial charge on any atom is 0.132 e. The molecule has 0 aliphatic rings. The van der Waals surface area contributed by atoms with E-state index >= 15 is 0 Å². The Labute approximate surface area is 106 Å². The molecular weight excluding hydrogens is 234 g/mol. The Balaban J connectivity index is 2.25. The van der Waals surface area contributed by atoms with Crippen LogP contribution in [0.15, 0.2) is 42.5 Å². The smallest absolute Gasteiger partial charge is 0.132 e. The number of ether oxygens (including phenoxy) is 1. The lowest BCUT2D eigenvalue weighted by Crippen LogP contribution is -1.91. The van der Waals surface area contributed by atoms with Crippen LogP contribution in [0, 0.1) is 6.92 Å². The molecule has 2 rings (SSSR count). The number of benzene rings is 2. The number of aryl methyl sites for hydroxylation is 1. The highest BCUT2D eigenvalue weighted by Gasteiger charge is 2.02. The molecule has 0 aliphatic heterocycles. The van der Waals surface area contributed by atoms with Crippen molar-refractivity contribution in [1.29, 1.82) is 0 Å². The zero-order chi connectivity index (χ0) is 12.3.